The molecule has 1 amide bonds. The summed E-state index contributed by atoms with van der Waals surface area (Å²) in [7, 11) is 0. The van der Waals surface area contributed by atoms with Crippen LogP contribution in [-0.4, -0.2) is 18.6 Å². The third-order valence-electron chi connectivity index (χ3n) is 5.59. The molecule has 0 unspecified atom stereocenters. The molecule has 0 bridgehead atoms. The zero-order valence-corrected chi connectivity index (χ0v) is 15.1. The van der Waals surface area contributed by atoms with Crippen LogP contribution in [-0.2, 0) is 19.4 Å². The first-order valence-corrected chi connectivity index (χ1v) is 8.94. The molecule has 4 rings (SSSR count). The molecule has 0 spiro atoms. The average Bonchev–Trinajstić information content (AvgIpc) is 2.98. The fourth-order valence-electron chi connectivity index (χ4n) is 4.29. The lowest BCUT2D eigenvalue weighted by Crippen LogP contribution is -2.24. The summed E-state index contributed by atoms with van der Waals surface area (Å²) in [6.07, 6.45) is -4.29. The van der Waals surface area contributed by atoms with E-state index in [4.69, 9.17) is 5.73 Å². The number of carbonyl (C=O) groups excluding carboxylic acids is 1. The number of fused-ring (bicyclic) bond motifs is 2. The Balaban J connectivity index is 2.05. The predicted molar refractivity (Wildman–Crippen MR) is 98.1 cm³/mol. The van der Waals surface area contributed by atoms with Gasteiger partial charge in [0, 0.05) is 29.7 Å². The summed E-state index contributed by atoms with van der Waals surface area (Å²) in [4.78, 5) is 11.8. The third kappa shape index (κ3) is 2.81. The van der Waals surface area contributed by atoms with Crippen LogP contribution in [0.1, 0.15) is 39.5 Å². The maximum absolute atomic E-state index is 15.2. The van der Waals surface area contributed by atoms with Gasteiger partial charge in [-0.3, -0.25) is 4.79 Å². The Bertz CT molecular complexity index is 1040. The quantitative estimate of drug-likeness (QED) is 0.758. The number of amides is 1. The van der Waals surface area contributed by atoms with Gasteiger partial charge in [0.25, 0.3) is 0 Å². The van der Waals surface area contributed by atoms with E-state index in [1.54, 1.807) is 12.1 Å². The van der Waals surface area contributed by atoms with E-state index in [0.29, 0.717) is 12.1 Å². The molecule has 3 nitrogen and oxygen atoms in total. The second-order valence-corrected chi connectivity index (χ2v) is 7.15. The van der Waals surface area contributed by atoms with Gasteiger partial charge >= 0.3 is 6.18 Å². The number of allylic oxidation sites excluding steroid dienone is 2. The van der Waals surface area contributed by atoms with Gasteiger partial charge in [-0.1, -0.05) is 18.2 Å². The normalized spacial score (nSPS) is 16.2. The average molecular weight is 390 g/mol. The smallest absolute Gasteiger partial charge is 0.366 e. The van der Waals surface area contributed by atoms with E-state index < -0.39 is 29.9 Å². The Morgan fingerprint density at radius 2 is 1.93 bits per heavy atom. The van der Waals surface area contributed by atoms with Crippen LogP contribution in [0.2, 0.25) is 0 Å². The van der Waals surface area contributed by atoms with Crippen molar-refractivity contribution in [3.8, 4) is 11.1 Å². The molecule has 0 saturated heterocycles. The lowest BCUT2D eigenvalue weighted by Gasteiger charge is -2.23. The van der Waals surface area contributed by atoms with Crippen molar-refractivity contribution >= 4 is 11.5 Å². The van der Waals surface area contributed by atoms with Gasteiger partial charge in [0.05, 0.1) is 0 Å². The van der Waals surface area contributed by atoms with Gasteiger partial charge in [0.1, 0.15) is 5.82 Å². The third-order valence-corrected chi connectivity index (χ3v) is 5.59. The van der Waals surface area contributed by atoms with Crippen LogP contribution in [0, 0.1) is 5.82 Å². The molecule has 2 aromatic rings. The lowest BCUT2D eigenvalue weighted by atomic mass is 9.85. The first-order valence-electron chi connectivity index (χ1n) is 8.94. The van der Waals surface area contributed by atoms with Crippen LogP contribution in [0.3, 0.4) is 0 Å². The van der Waals surface area contributed by atoms with Crippen molar-refractivity contribution in [3.05, 3.63) is 63.5 Å². The van der Waals surface area contributed by atoms with Gasteiger partial charge in [-0.2, -0.15) is 13.2 Å². The summed E-state index contributed by atoms with van der Waals surface area (Å²) in [5, 5.41) is 3.22. The van der Waals surface area contributed by atoms with Gasteiger partial charge in [-0.15, -0.1) is 0 Å². The molecule has 1 aliphatic carbocycles. The molecule has 0 saturated carbocycles. The fraction of sp³-hybridized carbons (Fsp3) is 0.286. The fourth-order valence-corrected chi connectivity index (χ4v) is 4.29. The van der Waals surface area contributed by atoms with E-state index in [9.17, 15) is 18.0 Å². The minimum atomic E-state index is -4.57. The van der Waals surface area contributed by atoms with E-state index >= 15 is 4.39 Å². The molecule has 0 atom stereocenters. The topological polar surface area (TPSA) is 55.1 Å². The molecular formula is C21H18F4N2O. The summed E-state index contributed by atoms with van der Waals surface area (Å²) in [6, 6.07) is 6.41. The number of nitrogens with two attached hydrogens (primary N) is 1. The molecule has 2 aromatic carbocycles. The molecule has 0 aromatic heterocycles. The molecular weight excluding hydrogens is 372 g/mol. The summed E-state index contributed by atoms with van der Waals surface area (Å²) in [5.74, 6) is -1.68. The van der Waals surface area contributed by atoms with Crippen molar-refractivity contribution in [2.45, 2.75) is 32.5 Å². The maximum atomic E-state index is 15.2. The Labute approximate surface area is 159 Å². The number of alkyl halides is 3. The van der Waals surface area contributed by atoms with Crippen LogP contribution < -0.4 is 11.1 Å². The second kappa shape index (κ2) is 6.44. The monoisotopic (exact) mass is 390 g/mol. The van der Waals surface area contributed by atoms with Crippen molar-refractivity contribution in [1.29, 1.82) is 0 Å². The van der Waals surface area contributed by atoms with Gasteiger partial charge in [0.2, 0.25) is 5.91 Å². The molecule has 146 valence electrons. The van der Waals surface area contributed by atoms with Crippen molar-refractivity contribution in [2.24, 2.45) is 5.73 Å². The molecule has 7 heteroatoms. The number of nitrogens with one attached hydrogen (secondary N) is 1. The Kier molecular flexibility index (Phi) is 4.30. The molecule has 3 N–H and O–H groups in total. The standard InChI is InChI=1S/C21H18F4N2O/c1-10-16(21(23,24)25)7-13-14(20(26)28)8-17(22)19(18(10)13)12-4-2-3-11-5-6-27-9-15(11)12/h2-4,8,27H,5-7,9H2,1H3,(H2,26,28). The van der Waals surface area contributed by atoms with Crippen LogP contribution in [0.25, 0.3) is 16.7 Å². The molecule has 0 radical (unpaired) electrons. The van der Waals surface area contributed by atoms with E-state index in [1.807, 2.05) is 6.07 Å². The van der Waals surface area contributed by atoms with E-state index in [1.165, 1.54) is 6.92 Å². The van der Waals surface area contributed by atoms with Gasteiger partial charge < -0.3 is 11.1 Å². The van der Waals surface area contributed by atoms with Crippen molar-refractivity contribution in [1.82, 2.24) is 5.32 Å². The molecule has 1 heterocycles. The van der Waals surface area contributed by atoms with Crippen LogP contribution in [0.4, 0.5) is 17.6 Å². The van der Waals surface area contributed by atoms with Crippen molar-refractivity contribution in [3.63, 3.8) is 0 Å². The zero-order chi connectivity index (χ0) is 20.2. The van der Waals surface area contributed by atoms with E-state index in [2.05, 4.69) is 5.32 Å². The Hall–Kier alpha value is -2.67. The number of halogens is 4. The highest BCUT2D eigenvalue weighted by Crippen LogP contribution is 2.48. The van der Waals surface area contributed by atoms with E-state index in [0.717, 1.165) is 30.2 Å². The summed E-state index contributed by atoms with van der Waals surface area (Å²) in [5.41, 5.74) is 7.18. The number of hydrogen-bond acceptors (Lipinski definition) is 2. The summed E-state index contributed by atoms with van der Waals surface area (Å²) in [6.45, 7) is 2.62. The zero-order valence-electron chi connectivity index (χ0n) is 15.1. The molecule has 0 fully saturated rings. The highest BCUT2D eigenvalue weighted by Gasteiger charge is 2.42. The van der Waals surface area contributed by atoms with Crippen LogP contribution in [0.15, 0.2) is 29.8 Å². The maximum Gasteiger partial charge on any atom is 0.413 e. The SMILES string of the molecule is CC1=C(C(F)(F)F)Cc2c(C(N)=O)cc(F)c(-c3cccc4c3CNCC4)c21. The molecule has 28 heavy (non-hydrogen) atoms. The number of carbonyl (C=O) groups is 1. The first-order chi connectivity index (χ1) is 13.2. The highest BCUT2D eigenvalue weighted by atomic mass is 19.4. The minimum Gasteiger partial charge on any atom is -0.366 e. The number of primary amides is 1. The largest absolute Gasteiger partial charge is 0.413 e. The van der Waals surface area contributed by atoms with Crippen molar-refractivity contribution < 1.29 is 22.4 Å². The molecule has 2 aliphatic rings. The number of hydrogen-bond donors (Lipinski definition) is 2. The second-order valence-electron chi connectivity index (χ2n) is 7.15. The van der Waals surface area contributed by atoms with Crippen LogP contribution in [0.5, 0.6) is 0 Å². The Morgan fingerprint density at radius 3 is 2.61 bits per heavy atom. The molecule has 1 aliphatic heterocycles. The summed E-state index contributed by atoms with van der Waals surface area (Å²) < 4.78 is 55.8. The van der Waals surface area contributed by atoms with Crippen LogP contribution >= 0.6 is 0 Å². The van der Waals surface area contributed by atoms with Crippen molar-refractivity contribution in [2.75, 3.05) is 6.54 Å². The Morgan fingerprint density at radius 1 is 1.18 bits per heavy atom. The first kappa shape index (κ1) is 18.7. The highest BCUT2D eigenvalue weighted by molar-refractivity contribution is 6.00. The number of rotatable bonds is 2. The van der Waals surface area contributed by atoms with Gasteiger partial charge in [0.15, 0.2) is 0 Å². The summed E-state index contributed by atoms with van der Waals surface area (Å²) >= 11 is 0. The van der Waals surface area contributed by atoms with E-state index in [-0.39, 0.29) is 27.8 Å². The van der Waals surface area contributed by atoms with Gasteiger partial charge in [-0.25, -0.2) is 4.39 Å². The minimum absolute atomic E-state index is 0.0547. The lowest BCUT2D eigenvalue weighted by molar-refractivity contribution is -0.0921. The predicted octanol–water partition coefficient (Wildman–Crippen LogP) is 4.13. The van der Waals surface area contributed by atoms with Gasteiger partial charge in [-0.05, 0) is 59.3 Å². The number of benzene rings is 2.